The summed E-state index contributed by atoms with van der Waals surface area (Å²) in [5, 5.41) is 4.26. The Bertz CT molecular complexity index is 556. The summed E-state index contributed by atoms with van der Waals surface area (Å²) in [6, 6.07) is 4.24. The Balaban J connectivity index is 1.89. The summed E-state index contributed by atoms with van der Waals surface area (Å²) in [5.41, 5.74) is 2.74. The second-order valence-corrected chi connectivity index (χ2v) is 5.74. The molecule has 0 aliphatic carbocycles. The topological polar surface area (TPSA) is 41.0 Å². The van der Waals surface area contributed by atoms with E-state index in [1.165, 1.54) is 31.1 Å². The molecule has 0 amide bonds. The molecule has 0 bridgehead atoms. The van der Waals surface area contributed by atoms with E-state index in [4.69, 9.17) is 11.6 Å². The van der Waals surface area contributed by atoms with Gasteiger partial charge in [-0.15, -0.1) is 0 Å². The Morgan fingerprint density at radius 2 is 2.33 bits per heavy atom. The number of nitrogens with zero attached hydrogens (tertiary/aromatic N) is 3. The lowest BCUT2D eigenvalue weighted by molar-refractivity contribution is 0.261. The number of hydrogen-bond acceptors (Lipinski definition) is 5. The molecule has 1 aliphatic rings. The van der Waals surface area contributed by atoms with Crippen molar-refractivity contribution in [1.29, 1.82) is 0 Å². The number of halogens is 1. The van der Waals surface area contributed by atoms with Crippen LogP contribution in [0.15, 0.2) is 12.1 Å². The molecule has 4 nitrogen and oxygen atoms in total. The fraction of sp³-hybridized carbons (Fsp3) is 0.500. The van der Waals surface area contributed by atoms with Crippen molar-refractivity contribution in [2.45, 2.75) is 18.9 Å². The molecule has 2 aromatic rings. The van der Waals surface area contributed by atoms with Crippen LogP contribution in [0.1, 0.15) is 12.8 Å². The molecule has 1 aromatic carbocycles. The Kier molecular flexibility index (Phi) is 3.37. The van der Waals surface area contributed by atoms with Gasteiger partial charge in [-0.25, -0.2) is 0 Å². The van der Waals surface area contributed by atoms with E-state index in [2.05, 4.69) is 26.0 Å². The highest BCUT2D eigenvalue weighted by molar-refractivity contribution is 7.00. The molecular weight excluding hydrogens is 268 g/mol. The maximum atomic E-state index is 6.28. The maximum absolute atomic E-state index is 6.28. The third-order valence-corrected chi connectivity index (χ3v) is 4.21. The predicted molar refractivity (Wildman–Crippen MR) is 76.6 cm³/mol. The summed E-state index contributed by atoms with van der Waals surface area (Å²) >= 11 is 7.51. The van der Waals surface area contributed by atoms with E-state index in [9.17, 15) is 0 Å². The summed E-state index contributed by atoms with van der Waals surface area (Å²) in [7, 11) is 2.15. The van der Waals surface area contributed by atoms with Crippen LogP contribution in [0.3, 0.4) is 0 Å². The second-order valence-electron chi connectivity index (χ2n) is 4.80. The molecule has 18 heavy (non-hydrogen) atoms. The van der Waals surface area contributed by atoms with Crippen molar-refractivity contribution in [2.24, 2.45) is 0 Å². The predicted octanol–water partition coefficient (Wildman–Crippen LogP) is 2.85. The summed E-state index contributed by atoms with van der Waals surface area (Å²) in [6.45, 7) is 2.22. The average molecular weight is 283 g/mol. The van der Waals surface area contributed by atoms with Crippen LogP contribution >= 0.6 is 23.3 Å². The number of rotatable bonds is 2. The van der Waals surface area contributed by atoms with Crippen molar-refractivity contribution < 1.29 is 0 Å². The fourth-order valence-electron chi connectivity index (χ4n) is 2.45. The lowest BCUT2D eigenvalue weighted by Gasteiger charge is -2.31. The van der Waals surface area contributed by atoms with E-state index in [1.54, 1.807) is 0 Å². The molecule has 2 heterocycles. The molecular formula is C12H15ClN4S. The molecule has 0 spiro atoms. The van der Waals surface area contributed by atoms with Gasteiger partial charge in [0, 0.05) is 12.6 Å². The smallest absolute Gasteiger partial charge is 0.129 e. The molecule has 1 atom stereocenters. The van der Waals surface area contributed by atoms with E-state index < -0.39 is 0 Å². The van der Waals surface area contributed by atoms with Crippen molar-refractivity contribution in [3.05, 3.63) is 17.2 Å². The third-order valence-electron chi connectivity index (χ3n) is 3.35. The Morgan fingerprint density at radius 3 is 3.17 bits per heavy atom. The van der Waals surface area contributed by atoms with Gasteiger partial charge in [0.05, 0.1) is 22.4 Å². The zero-order chi connectivity index (χ0) is 12.5. The van der Waals surface area contributed by atoms with Crippen molar-refractivity contribution >= 4 is 40.0 Å². The first-order valence-electron chi connectivity index (χ1n) is 6.10. The van der Waals surface area contributed by atoms with Gasteiger partial charge in [-0.2, -0.15) is 8.75 Å². The van der Waals surface area contributed by atoms with E-state index in [0.29, 0.717) is 6.04 Å². The monoisotopic (exact) mass is 282 g/mol. The number of aromatic nitrogens is 2. The molecule has 1 unspecified atom stereocenters. The molecule has 1 aromatic heterocycles. The van der Waals surface area contributed by atoms with Crippen LogP contribution in [0.4, 0.5) is 5.69 Å². The number of hydrogen-bond donors (Lipinski definition) is 1. The Labute approximate surface area is 115 Å². The van der Waals surface area contributed by atoms with Gasteiger partial charge in [-0.1, -0.05) is 11.6 Å². The van der Waals surface area contributed by atoms with Gasteiger partial charge in [0.1, 0.15) is 11.0 Å². The molecule has 1 fully saturated rings. The van der Waals surface area contributed by atoms with Crippen LogP contribution in [0.2, 0.25) is 5.02 Å². The van der Waals surface area contributed by atoms with Crippen LogP contribution < -0.4 is 5.32 Å². The molecule has 6 heteroatoms. The molecule has 96 valence electrons. The van der Waals surface area contributed by atoms with E-state index in [0.717, 1.165) is 28.3 Å². The highest BCUT2D eigenvalue weighted by Gasteiger charge is 2.19. The summed E-state index contributed by atoms with van der Waals surface area (Å²) in [4.78, 5) is 2.34. The highest BCUT2D eigenvalue weighted by atomic mass is 35.5. The third kappa shape index (κ3) is 2.30. The standard InChI is InChI=1S/C12H15ClN4S/c1-17-6-2-3-8(7-17)14-11-9(13)4-5-10-12(11)16-18-15-10/h4-5,8,14H,2-3,6-7H2,1H3. The van der Waals surface area contributed by atoms with Crippen molar-refractivity contribution in [2.75, 3.05) is 25.5 Å². The number of likely N-dealkylation sites (N-methyl/N-ethyl adjacent to an activating group) is 1. The van der Waals surface area contributed by atoms with Crippen LogP contribution in [0, 0.1) is 0 Å². The molecule has 1 aliphatic heterocycles. The maximum Gasteiger partial charge on any atom is 0.129 e. The molecule has 1 saturated heterocycles. The summed E-state index contributed by atoms with van der Waals surface area (Å²) in [5.74, 6) is 0. The number of nitrogens with one attached hydrogen (secondary N) is 1. The minimum absolute atomic E-state index is 0.438. The first-order valence-corrected chi connectivity index (χ1v) is 7.21. The van der Waals surface area contributed by atoms with E-state index >= 15 is 0 Å². The molecule has 0 radical (unpaired) electrons. The first-order chi connectivity index (χ1) is 8.74. The van der Waals surface area contributed by atoms with Gasteiger partial charge < -0.3 is 10.2 Å². The van der Waals surface area contributed by atoms with Crippen LogP contribution in [-0.2, 0) is 0 Å². The zero-order valence-electron chi connectivity index (χ0n) is 10.2. The van der Waals surface area contributed by atoms with Gasteiger partial charge in [0.25, 0.3) is 0 Å². The molecule has 1 N–H and O–H groups in total. The van der Waals surface area contributed by atoms with Crippen molar-refractivity contribution in [3.8, 4) is 0 Å². The highest BCUT2D eigenvalue weighted by Crippen LogP contribution is 2.31. The minimum atomic E-state index is 0.438. The Hall–Kier alpha value is -0.910. The zero-order valence-corrected chi connectivity index (χ0v) is 11.8. The normalized spacial score (nSPS) is 21.3. The average Bonchev–Trinajstić information content (AvgIpc) is 2.81. The van der Waals surface area contributed by atoms with E-state index in [1.807, 2.05) is 12.1 Å². The second kappa shape index (κ2) is 4.99. The largest absolute Gasteiger partial charge is 0.378 e. The van der Waals surface area contributed by atoms with Gasteiger partial charge in [-0.3, -0.25) is 0 Å². The van der Waals surface area contributed by atoms with Crippen LogP contribution in [0.5, 0.6) is 0 Å². The van der Waals surface area contributed by atoms with Gasteiger partial charge in [0.2, 0.25) is 0 Å². The number of fused-ring (bicyclic) bond motifs is 1. The molecule has 0 saturated carbocycles. The van der Waals surface area contributed by atoms with Crippen molar-refractivity contribution in [1.82, 2.24) is 13.6 Å². The van der Waals surface area contributed by atoms with Gasteiger partial charge in [0.15, 0.2) is 0 Å². The van der Waals surface area contributed by atoms with Crippen LogP contribution in [0.25, 0.3) is 11.0 Å². The summed E-state index contributed by atoms with van der Waals surface area (Å²) < 4.78 is 8.58. The van der Waals surface area contributed by atoms with E-state index in [-0.39, 0.29) is 0 Å². The number of benzene rings is 1. The number of anilines is 1. The summed E-state index contributed by atoms with van der Waals surface area (Å²) in [6.07, 6.45) is 2.39. The van der Waals surface area contributed by atoms with Crippen molar-refractivity contribution in [3.63, 3.8) is 0 Å². The SMILES string of the molecule is CN1CCCC(Nc2c(Cl)ccc3nsnc23)C1. The molecule has 3 rings (SSSR count). The lowest BCUT2D eigenvalue weighted by atomic mass is 10.1. The van der Waals surface area contributed by atoms with Crippen LogP contribution in [-0.4, -0.2) is 39.8 Å². The lowest BCUT2D eigenvalue weighted by Crippen LogP contribution is -2.39. The Morgan fingerprint density at radius 1 is 1.44 bits per heavy atom. The fourth-order valence-corrected chi connectivity index (χ4v) is 3.20. The number of piperidine rings is 1. The minimum Gasteiger partial charge on any atom is -0.378 e. The van der Waals surface area contributed by atoms with Gasteiger partial charge in [-0.05, 0) is 38.6 Å². The number of likely N-dealkylation sites (tertiary alicyclic amines) is 1. The van der Waals surface area contributed by atoms with Gasteiger partial charge >= 0.3 is 0 Å². The first kappa shape index (κ1) is 12.1. The quantitative estimate of drug-likeness (QED) is 0.920.